The number of carboxylic acid groups (broad SMARTS) is 1. The molecule has 0 amide bonds. The highest BCUT2D eigenvalue weighted by Gasteiger charge is 2.14. The summed E-state index contributed by atoms with van der Waals surface area (Å²) in [4.78, 5) is 23.0. The molecule has 206 valence electrons. The minimum absolute atomic E-state index is 0.0226. The first kappa shape index (κ1) is 33.7. The van der Waals surface area contributed by atoms with E-state index in [9.17, 15) is 9.59 Å². The molecule has 4 nitrogen and oxygen atoms in total. The van der Waals surface area contributed by atoms with Crippen LogP contribution in [0.4, 0.5) is 0 Å². The summed E-state index contributed by atoms with van der Waals surface area (Å²) < 4.78 is 5.89. The first-order valence-electron chi connectivity index (χ1n) is 15.2. The van der Waals surface area contributed by atoms with Crippen molar-refractivity contribution in [2.45, 2.75) is 174 Å². The number of aliphatic carboxylic acids is 1. The van der Waals surface area contributed by atoms with Gasteiger partial charge in [0.15, 0.2) is 0 Å². The van der Waals surface area contributed by atoms with E-state index in [1.807, 2.05) is 0 Å². The molecule has 0 spiro atoms. The molecular weight excluding hydrogens is 436 g/mol. The average molecular weight is 495 g/mol. The van der Waals surface area contributed by atoms with Crippen molar-refractivity contribution < 1.29 is 19.4 Å². The van der Waals surface area contributed by atoms with E-state index in [2.05, 4.69) is 26.0 Å². The maximum absolute atomic E-state index is 12.4. The highest BCUT2D eigenvalue weighted by Crippen LogP contribution is 2.17. The Labute approximate surface area is 217 Å². The largest absolute Gasteiger partial charge is 0.481 e. The molecule has 0 heterocycles. The van der Waals surface area contributed by atoms with Crippen LogP contribution in [0.15, 0.2) is 12.2 Å². The normalized spacial score (nSPS) is 12.3. The Morgan fingerprint density at radius 1 is 0.600 bits per heavy atom. The minimum atomic E-state index is -0.705. The second-order valence-electron chi connectivity index (χ2n) is 10.3. The zero-order valence-corrected chi connectivity index (χ0v) is 23.4. The van der Waals surface area contributed by atoms with E-state index in [1.165, 1.54) is 70.6 Å². The molecule has 0 aromatic heterocycles. The van der Waals surface area contributed by atoms with Gasteiger partial charge in [0.1, 0.15) is 6.10 Å². The molecular formula is C31H58O4. The molecule has 1 atom stereocenters. The molecule has 0 bridgehead atoms. The smallest absolute Gasteiger partial charge is 0.306 e. The van der Waals surface area contributed by atoms with E-state index < -0.39 is 5.97 Å². The number of hydrogen-bond acceptors (Lipinski definition) is 3. The standard InChI is InChI=1S/C31H58O4/c1-3-5-7-9-11-12-13-14-15-17-21-25-29(26-22-18-16-19-23-27-30(32)33)35-31(34)28-24-20-10-8-6-4-2/h14-15,29H,3-13,16-28H2,1-2H3,(H,32,33)/b15-14-. The minimum Gasteiger partial charge on any atom is -0.481 e. The van der Waals surface area contributed by atoms with Crippen LogP contribution in [0, 0.1) is 0 Å². The molecule has 0 radical (unpaired) electrons. The molecule has 0 aliphatic rings. The van der Waals surface area contributed by atoms with E-state index >= 15 is 0 Å². The Balaban J connectivity index is 4.12. The molecule has 1 unspecified atom stereocenters. The Hall–Kier alpha value is -1.32. The summed E-state index contributed by atoms with van der Waals surface area (Å²) in [6.45, 7) is 4.48. The molecule has 0 saturated carbocycles. The Morgan fingerprint density at radius 2 is 1.06 bits per heavy atom. The van der Waals surface area contributed by atoms with Crippen LogP contribution < -0.4 is 0 Å². The Morgan fingerprint density at radius 3 is 1.66 bits per heavy atom. The van der Waals surface area contributed by atoms with Crippen molar-refractivity contribution in [1.29, 1.82) is 0 Å². The van der Waals surface area contributed by atoms with Gasteiger partial charge in [-0.2, -0.15) is 0 Å². The van der Waals surface area contributed by atoms with E-state index in [0.717, 1.165) is 70.6 Å². The van der Waals surface area contributed by atoms with Gasteiger partial charge in [-0.25, -0.2) is 0 Å². The van der Waals surface area contributed by atoms with Crippen molar-refractivity contribution >= 4 is 11.9 Å². The van der Waals surface area contributed by atoms with E-state index in [4.69, 9.17) is 9.84 Å². The summed E-state index contributed by atoms with van der Waals surface area (Å²) >= 11 is 0. The summed E-state index contributed by atoms with van der Waals surface area (Å²) in [6, 6.07) is 0. The molecule has 0 aliphatic heterocycles. The second-order valence-corrected chi connectivity index (χ2v) is 10.3. The molecule has 0 aromatic carbocycles. The van der Waals surface area contributed by atoms with Crippen molar-refractivity contribution in [1.82, 2.24) is 0 Å². The van der Waals surface area contributed by atoms with Crippen LogP contribution in [-0.4, -0.2) is 23.1 Å². The summed E-state index contributed by atoms with van der Waals surface area (Å²) in [5, 5.41) is 8.74. The van der Waals surface area contributed by atoms with Gasteiger partial charge in [-0.15, -0.1) is 0 Å². The summed E-state index contributed by atoms with van der Waals surface area (Å²) in [5.41, 5.74) is 0. The van der Waals surface area contributed by atoms with Crippen molar-refractivity contribution in [3.63, 3.8) is 0 Å². The van der Waals surface area contributed by atoms with E-state index in [0.29, 0.717) is 6.42 Å². The number of hydrogen-bond donors (Lipinski definition) is 1. The molecule has 0 aromatic rings. The number of allylic oxidation sites excluding steroid dienone is 2. The van der Waals surface area contributed by atoms with Gasteiger partial charge in [-0.1, -0.05) is 109 Å². The van der Waals surface area contributed by atoms with Crippen LogP contribution >= 0.6 is 0 Å². The summed E-state index contributed by atoms with van der Waals surface area (Å²) in [7, 11) is 0. The van der Waals surface area contributed by atoms with Crippen molar-refractivity contribution in [2.24, 2.45) is 0 Å². The van der Waals surface area contributed by atoms with Crippen LogP contribution in [-0.2, 0) is 14.3 Å². The monoisotopic (exact) mass is 494 g/mol. The maximum Gasteiger partial charge on any atom is 0.306 e. The molecule has 1 N–H and O–H groups in total. The predicted octanol–water partition coefficient (Wildman–Crippen LogP) is 9.94. The van der Waals surface area contributed by atoms with Gasteiger partial charge in [0.25, 0.3) is 0 Å². The lowest BCUT2D eigenvalue weighted by atomic mass is 10.0. The van der Waals surface area contributed by atoms with Crippen molar-refractivity contribution in [2.75, 3.05) is 0 Å². The topological polar surface area (TPSA) is 63.6 Å². The van der Waals surface area contributed by atoms with Gasteiger partial charge in [0.05, 0.1) is 0 Å². The van der Waals surface area contributed by atoms with Gasteiger partial charge in [0, 0.05) is 12.8 Å². The van der Waals surface area contributed by atoms with E-state index in [1.54, 1.807) is 0 Å². The number of esters is 1. The highest BCUT2D eigenvalue weighted by molar-refractivity contribution is 5.69. The molecule has 0 fully saturated rings. The van der Waals surface area contributed by atoms with Crippen LogP contribution in [0.2, 0.25) is 0 Å². The van der Waals surface area contributed by atoms with Crippen LogP contribution in [0.1, 0.15) is 168 Å². The van der Waals surface area contributed by atoms with Crippen LogP contribution in [0.5, 0.6) is 0 Å². The third-order valence-corrected chi connectivity index (χ3v) is 6.74. The van der Waals surface area contributed by atoms with Crippen LogP contribution in [0.3, 0.4) is 0 Å². The Bertz CT molecular complexity index is 500. The van der Waals surface area contributed by atoms with Gasteiger partial charge in [0.2, 0.25) is 0 Å². The lowest BCUT2D eigenvalue weighted by Gasteiger charge is -2.18. The zero-order chi connectivity index (χ0) is 25.8. The van der Waals surface area contributed by atoms with Gasteiger partial charge >= 0.3 is 11.9 Å². The SMILES string of the molecule is CCCCCCCC/C=C\CCCC(CCCCCCCC(=O)O)OC(=O)CCCCCCCC. The quantitative estimate of drug-likeness (QED) is 0.0701. The lowest BCUT2D eigenvalue weighted by Crippen LogP contribution is -2.18. The van der Waals surface area contributed by atoms with Crippen molar-refractivity contribution in [3.8, 4) is 0 Å². The van der Waals surface area contributed by atoms with Gasteiger partial charge in [-0.3, -0.25) is 9.59 Å². The highest BCUT2D eigenvalue weighted by atomic mass is 16.5. The predicted molar refractivity (Wildman–Crippen MR) is 149 cm³/mol. The maximum atomic E-state index is 12.4. The third kappa shape index (κ3) is 27.1. The first-order chi connectivity index (χ1) is 17.1. The Kier molecular flexibility index (Phi) is 26.2. The fourth-order valence-corrected chi connectivity index (χ4v) is 4.48. The lowest BCUT2D eigenvalue weighted by molar-refractivity contribution is -0.150. The average Bonchev–Trinajstić information content (AvgIpc) is 2.83. The first-order valence-corrected chi connectivity index (χ1v) is 15.2. The fraction of sp³-hybridized carbons (Fsp3) is 0.871. The molecule has 4 heteroatoms. The molecule has 0 aliphatic carbocycles. The number of carboxylic acids is 1. The third-order valence-electron chi connectivity index (χ3n) is 6.74. The fourth-order valence-electron chi connectivity index (χ4n) is 4.48. The number of unbranched alkanes of at least 4 members (excludes halogenated alkanes) is 16. The number of carbonyl (C=O) groups is 2. The van der Waals surface area contributed by atoms with E-state index in [-0.39, 0.29) is 18.5 Å². The second kappa shape index (κ2) is 27.3. The number of ether oxygens (including phenoxy) is 1. The van der Waals surface area contributed by atoms with Crippen LogP contribution in [0.25, 0.3) is 0 Å². The zero-order valence-electron chi connectivity index (χ0n) is 23.4. The number of rotatable bonds is 27. The summed E-state index contributed by atoms with van der Waals surface area (Å²) in [6.07, 6.45) is 30.8. The number of carbonyl (C=O) groups excluding carboxylic acids is 1. The van der Waals surface area contributed by atoms with Crippen molar-refractivity contribution in [3.05, 3.63) is 12.2 Å². The molecule has 35 heavy (non-hydrogen) atoms. The summed E-state index contributed by atoms with van der Waals surface area (Å²) in [5.74, 6) is -0.728. The molecule has 0 rings (SSSR count). The van der Waals surface area contributed by atoms with Gasteiger partial charge in [-0.05, 0) is 57.8 Å². The van der Waals surface area contributed by atoms with Gasteiger partial charge < -0.3 is 9.84 Å². The molecule has 0 saturated heterocycles.